The van der Waals surface area contributed by atoms with Gasteiger partial charge in [-0.3, -0.25) is 0 Å². The molecule has 0 radical (unpaired) electrons. The second-order valence-corrected chi connectivity index (χ2v) is 4.05. The molecule has 1 aliphatic rings. The van der Waals surface area contributed by atoms with Crippen molar-refractivity contribution in [2.45, 2.75) is 0 Å². The maximum atomic E-state index is 13.9. The maximum Gasteiger partial charge on any atom is 0.503 e. The van der Waals surface area contributed by atoms with Gasteiger partial charge in [0.05, 0.1) is 24.6 Å². The van der Waals surface area contributed by atoms with Gasteiger partial charge in [0.2, 0.25) is 0 Å². The van der Waals surface area contributed by atoms with E-state index in [2.05, 4.69) is 4.99 Å². The third-order valence-electron chi connectivity index (χ3n) is 2.54. The third kappa shape index (κ3) is 5.95. The standard InChI is InChI=1S/C11H15FN4O.CH2O3/c12-9-7-8(15-11(13)14)1-2-10(9)16-3-5-17-6-4-16;2-1(3)4/h1-2,7H,3-6H2,(H4,13,14,15);(H2,2,3,4). The molecule has 6 N–H and O–H groups in total. The lowest BCUT2D eigenvalue weighted by Gasteiger charge is -2.29. The van der Waals surface area contributed by atoms with E-state index in [1.165, 1.54) is 6.07 Å². The van der Waals surface area contributed by atoms with E-state index in [4.69, 9.17) is 31.2 Å². The number of benzene rings is 1. The first-order valence-corrected chi connectivity index (χ1v) is 6.04. The number of guanidine groups is 1. The van der Waals surface area contributed by atoms with E-state index in [0.29, 0.717) is 37.7 Å². The van der Waals surface area contributed by atoms with Crippen molar-refractivity contribution in [1.29, 1.82) is 0 Å². The highest BCUT2D eigenvalue weighted by molar-refractivity contribution is 5.79. The van der Waals surface area contributed by atoms with E-state index in [9.17, 15) is 4.39 Å². The van der Waals surface area contributed by atoms with Crippen LogP contribution in [-0.2, 0) is 4.74 Å². The third-order valence-corrected chi connectivity index (χ3v) is 2.54. The van der Waals surface area contributed by atoms with Crippen molar-refractivity contribution in [3.05, 3.63) is 24.0 Å². The Morgan fingerprint density at radius 1 is 1.29 bits per heavy atom. The number of halogens is 1. The largest absolute Gasteiger partial charge is 0.503 e. The van der Waals surface area contributed by atoms with E-state index in [1.54, 1.807) is 12.1 Å². The van der Waals surface area contributed by atoms with Gasteiger partial charge in [-0.2, -0.15) is 0 Å². The van der Waals surface area contributed by atoms with Gasteiger partial charge in [0.15, 0.2) is 5.96 Å². The van der Waals surface area contributed by atoms with Crippen molar-refractivity contribution in [3.8, 4) is 0 Å². The molecule has 1 saturated heterocycles. The zero-order valence-corrected chi connectivity index (χ0v) is 11.2. The van der Waals surface area contributed by atoms with E-state index in [1.807, 2.05) is 4.90 Å². The summed E-state index contributed by atoms with van der Waals surface area (Å²) in [7, 11) is 0. The molecule has 0 aromatic heterocycles. The van der Waals surface area contributed by atoms with Gasteiger partial charge in [-0.1, -0.05) is 0 Å². The lowest BCUT2D eigenvalue weighted by molar-refractivity contribution is 0.122. The van der Waals surface area contributed by atoms with Gasteiger partial charge in [-0.05, 0) is 12.1 Å². The van der Waals surface area contributed by atoms with Gasteiger partial charge in [-0.15, -0.1) is 0 Å². The number of hydrogen-bond acceptors (Lipinski definition) is 4. The number of ether oxygens (including phenoxy) is 1. The highest BCUT2D eigenvalue weighted by Crippen LogP contribution is 2.24. The SMILES string of the molecule is NC(N)=Nc1ccc(N2CCOCC2)c(F)c1.O=C(O)O. The molecule has 1 aromatic carbocycles. The number of rotatable bonds is 2. The second kappa shape index (κ2) is 7.90. The molecule has 116 valence electrons. The van der Waals surface area contributed by atoms with Crippen LogP contribution in [-0.4, -0.2) is 48.6 Å². The minimum absolute atomic E-state index is 0.0801. The minimum Gasteiger partial charge on any atom is -0.450 e. The number of nitrogens with zero attached hydrogens (tertiary/aromatic N) is 2. The normalized spacial score (nSPS) is 13.9. The lowest BCUT2D eigenvalue weighted by Crippen LogP contribution is -2.36. The first-order chi connectivity index (χ1) is 9.90. The van der Waals surface area contributed by atoms with Gasteiger partial charge in [0, 0.05) is 19.2 Å². The number of carboxylic acid groups (broad SMARTS) is 2. The molecule has 21 heavy (non-hydrogen) atoms. The summed E-state index contributed by atoms with van der Waals surface area (Å²) >= 11 is 0. The van der Waals surface area contributed by atoms with Crippen molar-refractivity contribution < 1.29 is 24.1 Å². The second-order valence-electron chi connectivity index (χ2n) is 4.05. The van der Waals surface area contributed by atoms with E-state index >= 15 is 0 Å². The number of aliphatic imine (C=N–C) groups is 1. The lowest BCUT2D eigenvalue weighted by atomic mass is 10.2. The Bertz CT molecular complexity index is 510. The Balaban J connectivity index is 0.000000491. The average Bonchev–Trinajstić information content (AvgIpc) is 2.38. The van der Waals surface area contributed by atoms with Crippen LogP contribution in [0.1, 0.15) is 0 Å². The molecule has 1 aromatic rings. The molecule has 0 amide bonds. The molecule has 0 aliphatic carbocycles. The Kier molecular flexibility index (Phi) is 6.21. The first kappa shape index (κ1) is 16.5. The molecule has 1 heterocycles. The molecule has 9 heteroatoms. The fraction of sp³-hybridized carbons (Fsp3) is 0.333. The highest BCUT2D eigenvalue weighted by Gasteiger charge is 2.15. The monoisotopic (exact) mass is 300 g/mol. The summed E-state index contributed by atoms with van der Waals surface area (Å²) in [6, 6.07) is 4.69. The van der Waals surface area contributed by atoms with Crippen molar-refractivity contribution >= 4 is 23.5 Å². The average molecular weight is 300 g/mol. The molecular formula is C12H17FN4O4. The van der Waals surface area contributed by atoms with E-state index < -0.39 is 6.16 Å². The van der Waals surface area contributed by atoms with E-state index in [-0.39, 0.29) is 11.8 Å². The van der Waals surface area contributed by atoms with Crippen LogP contribution < -0.4 is 16.4 Å². The van der Waals surface area contributed by atoms with Gasteiger partial charge >= 0.3 is 6.16 Å². The molecule has 0 spiro atoms. The van der Waals surface area contributed by atoms with Gasteiger partial charge in [0.1, 0.15) is 5.82 Å². The minimum atomic E-state index is -1.83. The molecule has 1 fully saturated rings. The highest BCUT2D eigenvalue weighted by atomic mass is 19.1. The summed E-state index contributed by atoms with van der Waals surface area (Å²) in [6.07, 6.45) is -1.83. The summed E-state index contributed by atoms with van der Waals surface area (Å²) in [5.74, 6) is -0.405. The van der Waals surface area contributed by atoms with Crippen molar-refractivity contribution in [3.63, 3.8) is 0 Å². The molecule has 2 rings (SSSR count). The Morgan fingerprint density at radius 2 is 1.86 bits per heavy atom. The molecule has 0 atom stereocenters. The number of nitrogens with two attached hydrogens (primary N) is 2. The van der Waals surface area contributed by atoms with Crippen LogP contribution in [0.2, 0.25) is 0 Å². The van der Waals surface area contributed by atoms with Crippen LogP contribution in [0.15, 0.2) is 23.2 Å². The van der Waals surface area contributed by atoms with Gasteiger partial charge in [-0.25, -0.2) is 14.2 Å². The maximum absolute atomic E-state index is 13.9. The fourth-order valence-corrected chi connectivity index (χ4v) is 1.78. The molecule has 8 nitrogen and oxygen atoms in total. The fourth-order valence-electron chi connectivity index (χ4n) is 1.78. The predicted molar refractivity (Wildman–Crippen MR) is 75.6 cm³/mol. The summed E-state index contributed by atoms with van der Waals surface area (Å²) in [4.78, 5) is 14.3. The van der Waals surface area contributed by atoms with Gasteiger partial charge in [0.25, 0.3) is 0 Å². The predicted octanol–water partition coefficient (Wildman–Crippen LogP) is 0.790. The molecule has 0 bridgehead atoms. The smallest absolute Gasteiger partial charge is 0.450 e. The number of carbonyl (C=O) groups is 1. The Hall–Kier alpha value is -2.55. The summed E-state index contributed by atoms with van der Waals surface area (Å²) in [5.41, 5.74) is 11.4. The number of hydrogen-bond donors (Lipinski definition) is 4. The van der Waals surface area contributed by atoms with Crippen molar-refractivity contribution in [2.75, 3.05) is 31.2 Å². The summed E-state index contributed by atoms with van der Waals surface area (Å²) in [5, 5.41) is 13.9. The summed E-state index contributed by atoms with van der Waals surface area (Å²) in [6.45, 7) is 2.63. The molecule has 1 aliphatic heterocycles. The van der Waals surface area contributed by atoms with Gasteiger partial charge < -0.3 is 31.3 Å². The van der Waals surface area contributed by atoms with Crippen LogP contribution in [0, 0.1) is 5.82 Å². The van der Waals surface area contributed by atoms with Crippen LogP contribution in [0.4, 0.5) is 20.6 Å². The van der Waals surface area contributed by atoms with Crippen LogP contribution in [0.5, 0.6) is 0 Å². The van der Waals surface area contributed by atoms with Crippen molar-refractivity contribution in [1.82, 2.24) is 0 Å². The zero-order chi connectivity index (χ0) is 15.8. The van der Waals surface area contributed by atoms with Crippen LogP contribution in [0.25, 0.3) is 0 Å². The molecule has 0 unspecified atom stereocenters. The van der Waals surface area contributed by atoms with Crippen molar-refractivity contribution in [2.24, 2.45) is 16.5 Å². The van der Waals surface area contributed by atoms with Crippen LogP contribution in [0.3, 0.4) is 0 Å². The zero-order valence-electron chi connectivity index (χ0n) is 11.2. The Morgan fingerprint density at radius 3 is 2.33 bits per heavy atom. The first-order valence-electron chi connectivity index (χ1n) is 6.04. The quantitative estimate of drug-likeness (QED) is 0.468. The number of anilines is 1. The molecular weight excluding hydrogens is 283 g/mol. The van der Waals surface area contributed by atoms with Crippen LogP contribution >= 0.6 is 0 Å². The number of morpholine rings is 1. The summed E-state index contributed by atoms with van der Waals surface area (Å²) < 4.78 is 19.1. The molecule has 0 saturated carbocycles. The van der Waals surface area contributed by atoms with E-state index in [0.717, 1.165) is 0 Å². The Labute approximate surface area is 120 Å². The topological polar surface area (TPSA) is 134 Å².